The van der Waals surface area contributed by atoms with Crippen LogP contribution in [0.15, 0.2) is 113 Å². The van der Waals surface area contributed by atoms with Gasteiger partial charge in [-0.05, 0) is 0 Å². The van der Waals surface area contributed by atoms with Crippen molar-refractivity contribution >= 4 is 29.1 Å². The minimum atomic E-state index is -3.60. The molecule has 0 heterocycles. The summed E-state index contributed by atoms with van der Waals surface area (Å²) in [5, 5.41) is 12.1. The fourth-order valence-corrected chi connectivity index (χ4v) is 18.8. The van der Waals surface area contributed by atoms with Crippen LogP contribution < -0.4 is 10.7 Å². The van der Waals surface area contributed by atoms with Crippen molar-refractivity contribution in [3.8, 4) is 0 Å². The van der Waals surface area contributed by atoms with Gasteiger partial charge >= 0.3 is 205 Å². The van der Waals surface area contributed by atoms with Crippen LogP contribution in [0.1, 0.15) is 46.5 Å². The second kappa shape index (κ2) is 9.64. The number of hydrogen-bond donors (Lipinski definition) is 1. The molecule has 0 amide bonds. The predicted octanol–water partition coefficient (Wildman–Crippen LogP) is 5.53. The zero-order valence-electron chi connectivity index (χ0n) is 20.2. The van der Waals surface area contributed by atoms with Crippen LogP contribution in [0.5, 0.6) is 0 Å². The third-order valence-electron chi connectivity index (χ3n) is 7.11. The molecule has 3 aromatic rings. The molecule has 1 saturated carbocycles. The summed E-state index contributed by atoms with van der Waals surface area (Å²) in [5.74, 6) is 0. The van der Waals surface area contributed by atoms with Crippen LogP contribution in [0, 0.1) is 5.41 Å². The van der Waals surface area contributed by atoms with E-state index in [1.165, 1.54) is 16.3 Å². The second-order valence-corrected chi connectivity index (χ2v) is 21.0. The van der Waals surface area contributed by atoms with Gasteiger partial charge in [0.05, 0.1) is 0 Å². The first-order valence-electron chi connectivity index (χ1n) is 12.0. The van der Waals surface area contributed by atoms with Crippen LogP contribution >= 0.6 is 0 Å². The minimum absolute atomic E-state index is 0.117. The van der Waals surface area contributed by atoms with Gasteiger partial charge in [0.1, 0.15) is 0 Å². The summed E-state index contributed by atoms with van der Waals surface area (Å²) in [6.07, 6.45) is 3.43. The Bertz CT molecular complexity index is 1020. The summed E-state index contributed by atoms with van der Waals surface area (Å²) in [6, 6.07) is 33.1. The van der Waals surface area contributed by atoms with Gasteiger partial charge in [0, 0.05) is 0 Å². The van der Waals surface area contributed by atoms with E-state index in [9.17, 15) is 5.11 Å². The molecule has 170 valence electrons. The van der Waals surface area contributed by atoms with E-state index in [-0.39, 0.29) is 5.41 Å². The van der Waals surface area contributed by atoms with E-state index >= 15 is 0 Å². The van der Waals surface area contributed by atoms with E-state index in [2.05, 4.69) is 116 Å². The summed E-state index contributed by atoms with van der Waals surface area (Å²) in [4.78, 5) is 0. The Morgan fingerprint density at radius 2 is 1.27 bits per heavy atom. The van der Waals surface area contributed by atoms with E-state index in [1.54, 1.807) is 0 Å². The molecule has 1 aliphatic carbocycles. The molecular formula is C31H36OSn. The van der Waals surface area contributed by atoms with Gasteiger partial charge in [-0.2, -0.15) is 0 Å². The van der Waals surface area contributed by atoms with Crippen molar-refractivity contribution in [3.05, 3.63) is 113 Å². The fourth-order valence-electron chi connectivity index (χ4n) is 5.70. The second-order valence-electron chi connectivity index (χ2n) is 10.6. The molecule has 2 heteroatoms. The van der Waals surface area contributed by atoms with Gasteiger partial charge < -0.3 is 0 Å². The van der Waals surface area contributed by atoms with E-state index in [0.717, 1.165) is 24.8 Å². The Hall–Kier alpha value is -2.10. The van der Waals surface area contributed by atoms with Crippen molar-refractivity contribution in [3.63, 3.8) is 0 Å². The summed E-state index contributed by atoms with van der Waals surface area (Å²) >= 11 is -3.60. The van der Waals surface area contributed by atoms with Crippen LogP contribution in [-0.4, -0.2) is 29.1 Å². The van der Waals surface area contributed by atoms with Gasteiger partial charge in [0.15, 0.2) is 0 Å². The molecule has 0 spiro atoms. The van der Waals surface area contributed by atoms with E-state index in [1.807, 2.05) is 6.92 Å². The Labute approximate surface area is 203 Å². The van der Waals surface area contributed by atoms with Crippen LogP contribution in [-0.2, 0) is 0 Å². The molecular weight excluding hydrogens is 507 g/mol. The van der Waals surface area contributed by atoms with Crippen LogP contribution in [0.4, 0.5) is 0 Å². The van der Waals surface area contributed by atoms with Gasteiger partial charge in [-0.1, -0.05) is 0 Å². The van der Waals surface area contributed by atoms with Crippen molar-refractivity contribution in [2.45, 2.75) is 52.1 Å². The van der Waals surface area contributed by atoms with Gasteiger partial charge in [0.2, 0.25) is 0 Å². The molecule has 0 unspecified atom stereocenters. The van der Waals surface area contributed by atoms with Crippen molar-refractivity contribution in [2.75, 3.05) is 0 Å². The Balaban J connectivity index is 2.03. The fraction of sp³-hybridized carbons (Fsp3) is 0.290. The van der Waals surface area contributed by atoms with Crippen molar-refractivity contribution in [1.29, 1.82) is 0 Å². The zero-order valence-corrected chi connectivity index (χ0v) is 23.1. The van der Waals surface area contributed by atoms with Crippen molar-refractivity contribution < 1.29 is 5.11 Å². The van der Waals surface area contributed by atoms with Crippen molar-refractivity contribution in [2.24, 2.45) is 5.41 Å². The average Bonchev–Trinajstić information content (AvgIpc) is 2.79. The van der Waals surface area contributed by atoms with Gasteiger partial charge in [-0.3, -0.25) is 0 Å². The molecule has 1 nitrogen and oxygen atoms in total. The van der Waals surface area contributed by atoms with E-state index in [0.29, 0.717) is 6.42 Å². The number of benzene rings is 3. The normalized spacial score (nSPS) is 21.6. The van der Waals surface area contributed by atoms with Gasteiger partial charge in [0.25, 0.3) is 0 Å². The SMILES string of the molecule is C=C(C)C[C@@]1(O)CC(C)(C)CC/C1=[CH]\[Sn]([c]1ccccc1)([c]1ccccc1)[c]1ccccc1. The van der Waals surface area contributed by atoms with Crippen LogP contribution in [0.3, 0.4) is 0 Å². The topological polar surface area (TPSA) is 20.2 Å². The van der Waals surface area contributed by atoms with Crippen LogP contribution in [0.2, 0.25) is 0 Å². The van der Waals surface area contributed by atoms with Gasteiger partial charge in [-0.25, -0.2) is 0 Å². The quantitative estimate of drug-likeness (QED) is 0.321. The molecule has 33 heavy (non-hydrogen) atoms. The molecule has 1 aliphatic rings. The molecule has 1 atom stereocenters. The zero-order chi connectivity index (χ0) is 23.5. The van der Waals surface area contributed by atoms with E-state index < -0.39 is 24.0 Å². The third-order valence-corrected chi connectivity index (χ3v) is 20.0. The molecule has 3 aromatic carbocycles. The maximum absolute atomic E-state index is 12.1. The molecule has 0 bridgehead atoms. The first-order valence-corrected chi connectivity index (χ1v) is 17.9. The number of hydrogen-bond acceptors (Lipinski definition) is 1. The molecule has 0 aromatic heterocycles. The number of rotatable bonds is 6. The van der Waals surface area contributed by atoms with Crippen molar-refractivity contribution in [1.82, 2.24) is 0 Å². The summed E-state index contributed by atoms with van der Waals surface area (Å²) < 4.78 is 6.84. The summed E-state index contributed by atoms with van der Waals surface area (Å²) in [5.41, 5.74) is 1.54. The molecule has 0 saturated heterocycles. The average molecular weight is 543 g/mol. The summed E-state index contributed by atoms with van der Waals surface area (Å²) in [6.45, 7) is 10.8. The summed E-state index contributed by atoms with van der Waals surface area (Å²) in [7, 11) is 0. The van der Waals surface area contributed by atoms with Crippen LogP contribution in [0.25, 0.3) is 0 Å². The Morgan fingerprint density at radius 1 is 0.848 bits per heavy atom. The third kappa shape index (κ3) is 5.05. The first-order chi connectivity index (χ1) is 15.8. The Morgan fingerprint density at radius 3 is 1.67 bits per heavy atom. The maximum atomic E-state index is 12.1. The molecule has 1 fully saturated rings. The van der Waals surface area contributed by atoms with Gasteiger partial charge in [-0.15, -0.1) is 0 Å². The Kier molecular flexibility index (Phi) is 7.02. The molecule has 0 aliphatic heterocycles. The predicted molar refractivity (Wildman–Crippen MR) is 144 cm³/mol. The molecule has 0 radical (unpaired) electrons. The monoisotopic (exact) mass is 544 g/mol. The molecule has 4 rings (SSSR count). The first kappa shape index (κ1) is 24.0. The standard InChI is InChI=1S/C13H21O.3C6H5.Sn/c1-10(2)8-13(14)9-12(4,5)7-6-11(13)3;3*1-2-4-6-5-3-1;/h3,14H,1,6-9H2,2,4-5H3;3*1-5H;/t13-;;;;/m1..../s1. The molecule has 1 N–H and O–H groups in total. The number of aliphatic hydroxyl groups is 1. The van der Waals surface area contributed by atoms with E-state index in [4.69, 9.17) is 0 Å².